The summed E-state index contributed by atoms with van der Waals surface area (Å²) in [6, 6.07) is 0.123. The van der Waals surface area contributed by atoms with Crippen molar-refractivity contribution in [3.05, 3.63) is 17.0 Å². The van der Waals surface area contributed by atoms with E-state index in [1.807, 2.05) is 11.8 Å². The normalized spacial score (nSPS) is 20.6. The van der Waals surface area contributed by atoms with Crippen LogP contribution < -0.4 is 4.90 Å². The molecule has 8 heteroatoms. The van der Waals surface area contributed by atoms with Crippen molar-refractivity contribution in [1.29, 1.82) is 0 Å². The molecule has 1 aliphatic rings. The second-order valence-electron chi connectivity index (χ2n) is 4.68. The van der Waals surface area contributed by atoms with Gasteiger partial charge < -0.3 is 9.64 Å². The molecule has 1 aromatic heterocycles. The summed E-state index contributed by atoms with van der Waals surface area (Å²) in [5.41, 5.74) is 0.570. The lowest BCUT2D eigenvalue weighted by atomic mass is 10.2. The van der Waals surface area contributed by atoms with Crippen LogP contribution in [0.25, 0.3) is 0 Å². The molecular weight excluding hydrogens is 290 g/mol. The van der Waals surface area contributed by atoms with Crippen LogP contribution in [0.1, 0.15) is 12.5 Å². The highest BCUT2D eigenvalue weighted by atomic mass is 35.5. The van der Waals surface area contributed by atoms with Gasteiger partial charge in [0.15, 0.2) is 9.84 Å². The van der Waals surface area contributed by atoms with E-state index < -0.39 is 9.84 Å². The Morgan fingerprint density at radius 2 is 2.32 bits per heavy atom. The first-order valence-corrected chi connectivity index (χ1v) is 8.34. The number of morpholine rings is 1. The zero-order valence-corrected chi connectivity index (χ0v) is 12.4. The topological polar surface area (TPSA) is 72.4 Å². The highest BCUT2D eigenvalue weighted by Gasteiger charge is 2.24. The third-order valence-corrected chi connectivity index (χ3v) is 3.89. The van der Waals surface area contributed by atoms with E-state index in [1.165, 1.54) is 12.5 Å². The van der Waals surface area contributed by atoms with Crippen molar-refractivity contribution in [3.8, 4) is 0 Å². The van der Waals surface area contributed by atoms with Crippen LogP contribution in [0.5, 0.6) is 0 Å². The van der Waals surface area contributed by atoms with Crippen molar-refractivity contribution in [2.24, 2.45) is 0 Å². The molecule has 1 aromatic rings. The van der Waals surface area contributed by atoms with E-state index in [0.717, 1.165) is 0 Å². The van der Waals surface area contributed by atoms with Gasteiger partial charge in [0.1, 0.15) is 5.82 Å². The molecule has 1 unspecified atom stereocenters. The van der Waals surface area contributed by atoms with E-state index in [4.69, 9.17) is 16.3 Å². The Morgan fingerprint density at radius 3 is 2.95 bits per heavy atom. The highest BCUT2D eigenvalue weighted by molar-refractivity contribution is 7.89. The molecule has 1 atom stereocenters. The molecule has 2 heterocycles. The van der Waals surface area contributed by atoms with Crippen molar-refractivity contribution in [3.63, 3.8) is 0 Å². The molecule has 2 rings (SSSR count). The molecule has 0 aromatic carbocycles. The van der Waals surface area contributed by atoms with Gasteiger partial charge in [-0.05, 0) is 18.5 Å². The zero-order valence-electron chi connectivity index (χ0n) is 10.8. The van der Waals surface area contributed by atoms with E-state index in [0.29, 0.717) is 31.1 Å². The lowest BCUT2D eigenvalue weighted by molar-refractivity contribution is 0.0984. The summed E-state index contributed by atoms with van der Waals surface area (Å²) in [5.74, 6) is 0.491. The SMILES string of the molecule is CC1COCCN1c1nc(Cl)ncc1CS(C)(=O)=O. The quantitative estimate of drug-likeness (QED) is 0.773. The second-order valence-corrected chi connectivity index (χ2v) is 7.15. The summed E-state index contributed by atoms with van der Waals surface area (Å²) in [6.07, 6.45) is 2.67. The van der Waals surface area contributed by atoms with Crippen molar-refractivity contribution in [2.45, 2.75) is 18.7 Å². The van der Waals surface area contributed by atoms with Crippen molar-refractivity contribution >= 4 is 27.3 Å². The summed E-state index contributed by atoms with van der Waals surface area (Å²) in [6.45, 7) is 3.83. The van der Waals surface area contributed by atoms with Gasteiger partial charge in [0.05, 0.1) is 25.0 Å². The number of sulfone groups is 1. The lowest BCUT2D eigenvalue weighted by Crippen LogP contribution is -2.44. The number of anilines is 1. The lowest BCUT2D eigenvalue weighted by Gasteiger charge is -2.35. The van der Waals surface area contributed by atoms with Crippen molar-refractivity contribution < 1.29 is 13.2 Å². The van der Waals surface area contributed by atoms with Crippen LogP contribution in [0.2, 0.25) is 5.28 Å². The van der Waals surface area contributed by atoms with E-state index in [2.05, 4.69) is 9.97 Å². The Bertz CT molecular complexity index is 564. The van der Waals surface area contributed by atoms with Gasteiger partial charge in [-0.1, -0.05) is 0 Å². The molecule has 1 aliphatic heterocycles. The minimum absolute atomic E-state index is 0.0937. The van der Waals surface area contributed by atoms with Crippen LogP contribution in [0.15, 0.2) is 6.20 Å². The minimum atomic E-state index is -3.15. The number of aromatic nitrogens is 2. The molecule has 106 valence electrons. The highest BCUT2D eigenvalue weighted by Crippen LogP contribution is 2.24. The molecule has 0 bridgehead atoms. The first-order chi connectivity index (χ1) is 8.87. The monoisotopic (exact) mass is 305 g/mol. The van der Waals surface area contributed by atoms with Gasteiger partial charge in [-0.15, -0.1) is 0 Å². The molecule has 0 amide bonds. The van der Waals surface area contributed by atoms with Crippen LogP contribution in [0.3, 0.4) is 0 Å². The fourth-order valence-electron chi connectivity index (χ4n) is 2.05. The Labute approximate surface area is 117 Å². The Kier molecular flexibility index (Phi) is 4.27. The van der Waals surface area contributed by atoms with Gasteiger partial charge in [0.25, 0.3) is 0 Å². The summed E-state index contributed by atoms with van der Waals surface area (Å²) in [7, 11) is -3.15. The molecule has 6 nitrogen and oxygen atoms in total. The van der Waals surface area contributed by atoms with E-state index in [-0.39, 0.29) is 17.1 Å². The summed E-state index contributed by atoms with van der Waals surface area (Å²) in [4.78, 5) is 10.1. The molecule has 0 N–H and O–H groups in total. The average molecular weight is 306 g/mol. The van der Waals surface area contributed by atoms with E-state index in [9.17, 15) is 8.42 Å². The molecule has 19 heavy (non-hydrogen) atoms. The smallest absolute Gasteiger partial charge is 0.224 e. The number of nitrogens with zero attached hydrogens (tertiary/aromatic N) is 3. The number of hydrogen-bond donors (Lipinski definition) is 0. The summed E-state index contributed by atoms with van der Waals surface area (Å²) >= 11 is 5.83. The maximum Gasteiger partial charge on any atom is 0.224 e. The maximum absolute atomic E-state index is 11.5. The molecule has 0 radical (unpaired) electrons. The molecule has 0 saturated carbocycles. The minimum Gasteiger partial charge on any atom is -0.377 e. The number of ether oxygens (including phenoxy) is 1. The predicted molar refractivity (Wildman–Crippen MR) is 73.2 cm³/mol. The van der Waals surface area contributed by atoms with E-state index >= 15 is 0 Å². The Balaban J connectivity index is 2.39. The molecule has 0 spiro atoms. The third kappa shape index (κ3) is 3.77. The van der Waals surface area contributed by atoms with Gasteiger partial charge in [0.2, 0.25) is 5.28 Å². The molecule has 0 aliphatic carbocycles. The summed E-state index contributed by atoms with van der Waals surface area (Å²) in [5, 5.41) is 0.117. The van der Waals surface area contributed by atoms with Crippen molar-refractivity contribution in [2.75, 3.05) is 30.9 Å². The first kappa shape index (κ1) is 14.5. The molecule has 1 saturated heterocycles. The number of hydrogen-bond acceptors (Lipinski definition) is 6. The van der Waals surface area contributed by atoms with Gasteiger partial charge in [-0.3, -0.25) is 0 Å². The molecule has 1 fully saturated rings. The van der Waals surface area contributed by atoms with Crippen LogP contribution in [0.4, 0.5) is 5.82 Å². The Morgan fingerprint density at radius 1 is 1.58 bits per heavy atom. The largest absolute Gasteiger partial charge is 0.377 e. The Hall–Kier alpha value is -0.920. The fraction of sp³-hybridized carbons (Fsp3) is 0.636. The van der Waals surface area contributed by atoms with Crippen LogP contribution in [-0.4, -0.2) is 50.4 Å². The zero-order chi connectivity index (χ0) is 14.0. The average Bonchev–Trinajstić information content (AvgIpc) is 2.31. The van der Waals surface area contributed by atoms with Crippen LogP contribution >= 0.6 is 11.6 Å². The maximum atomic E-state index is 11.5. The van der Waals surface area contributed by atoms with Gasteiger partial charge in [-0.2, -0.15) is 0 Å². The van der Waals surface area contributed by atoms with E-state index in [1.54, 1.807) is 0 Å². The third-order valence-electron chi connectivity index (χ3n) is 2.87. The standard InChI is InChI=1S/C11H16ClN3O3S/c1-8-6-18-4-3-15(8)10-9(7-19(2,16)17)5-13-11(12)14-10/h5,8H,3-4,6-7H2,1-2H3. The van der Waals surface area contributed by atoms with Gasteiger partial charge >= 0.3 is 0 Å². The number of rotatable bonds is 3. The number of halogens is 1. The fourth-order valence-corrected chi connectivity index (χ4v) is 2.95. The molecular formula is C11H16ClN3O3S. The first-order valence-electron chi connectivity index (χ1n) is 5.90. The second kappa shape index (κ2) is 5.60. The van der Waals surface area contributed by atoms with Crippen LogP contribution in [0, 0.1) is 0 Å². The van der Waals surface area contributed by atoms with Crippen molar-refractivity contribution in [1.82, 2.24) is 9.97 Å². The van der Waals surface area contributed by atoms with Crippen LogP contribution in [-0.2, 0) is 20.3 Å². The summed E-state index contributed by atoms with van der Waals surface area (Å²) < 4.78 is 28.3. The van der Waals surface area contributed by atoms with Gasteiger partial charge in [-0.25, -0.2) is 18.4 Å². The van der Waals surface area contributed by atoms with Gasteiger partial charge in [0, 0.05) is 24.6 Å². The predicted octanol–water partition coefficient (Wildman–Crippen LogP) is 0.900.